The molecule has 0 saturated carbocycles. The van der Waals surface area contributed by atoms with E-state index >= 15 is 0 Å². The number of fused-ring (bicyclic) bond motifs is 1. The standard InChI is InChI=1S/C27H32N2O6/c1-17(2)22-8-7-20(11-18(22)3)34-15-24(30)19-6-9-25-23(12-19)29(27(32)16-35-25)14-26(31)28-13-21-5-4-10-33-21/h6-9,11-12,17,21H,4-5,10,13-16H2,1-3H3,(H,28,31)/t21-/m1/s1. The zero-order valence-electron chi connectivity index (χ0n) is 20.5. The molecule has 0 radical (unpaired) electrons. The summed E-state index contributed by atoms with van der Waals surface area (Å²) < 4.78 is 16.8. The summed E-state index contributed by atoms with van der Waals surface area (Å²) in [6, 6.07) is 10.7. The third-order valence-corrected chi connectivity index (χ3v) is 6.31. The Bertz CT molecular complexity index is 1110. The number of rotatable bonds is 9. The molecular weight excluding hydrogens is 448 g/mol. The van der Waals surface area contributed by atoms with Gasteiger partial charge in [0, 0.05) is 18.7 Å². The molecule has 0 bridgehead atoms. The highest BCUT2D eigenvalue weighted by molar-refractivity contribution is 6.04. The molecule has 2 aromatic rings. The van der Waals surface area contributed by atoms with Crippen molar-refractivity contribution in [1.82, 2.24) is 5.32 Å². The molecule has 0 aliphatic carbocycles. The van der Waals surface area contributed by atoms with E-state index in [2.05, 4.69) is 19.2 Å². The van der Waals surface area contributed by atoms with Crippen LogP contribution in [-0.4, -0.2) is 56.6 Å². The lowest BCUT2D eigenvalue weighted by atomic mass is 9.98. The first-order valence-electron chi connectivity index (χ1n) is 12.0. The van der Waals surface area contributed by atoms with Gasteiger partial charge in [0.05, 0.1) is 11.8 Å². The normalized spacial score (nSPS) is 17.2. The number of aryl methyl sites for hydroxylation is 1. The van der Waals surface area contributed by atoms with Crippen molar-refractivity contribution < 1.29 is 28.6 Å². The van der Waals surface area contributed by atoms with Gasteiger partial charge in [-0.2, -0.15) is 0 Å². The second-order valence-electron chi connectivity index (χ2n) is 9.28. The van der Waals surface area contributed by atoms with Crippen LogP contribution < -0.4 is 19.7 Å². The lowest BCUT2D eigenvalue weighted by Crippen LogP contribution is -2.46. The maximum atomic E-state index is 12.9. The lowest BCUT2D eigenvalue weighted by Gasteiger charge is -2.29. The van der Waals surface area contributed by atoms with Crippen molar-refractivity contribution >= 4 is 23.3 Å². The molecule has 8 heteroatoms. The van der Waals surface area contributed by atoms with Crippen molar-refractivity contribution in [1.29, 1.82) is 0 Å². The molecular formula is C27H32N2O6. The molecule has 8 nitrogen and oxygen atoms in total. The highest BCUT2D eigenvalue weighted by Crippen LogP contribution is 2.33. The van der Waals surface area contributed by atoms with Crippen molar-refractivity contribution in [2.45, 2.75) is 45.6 Å². The number of nitrogens with zero attached hydrogens (tertiary/aromatic N) is 1. The summed E-state index contributed by atoms with van der Waals surface area (Å²) in [6.45, 7) is 6.95. The maximum Gasteiger partial charge on any atom is 0.265 e. The molecule has 2 heterocycles. The number of hydrogen-bond acceptors (Lipinski definition) is 6. The van der Waals surface area contributed by atoms with Gasteiger partial charge in [-0.05, 0) is 67.1 Å². The summed E-state index contributed by atoms with van der Waals surface area (Å²) in [5, 5.41) is 2.83. The van der Waals surface area contributed by atoms with Crippen LogP contribution in [0.15, 0.2) is 36.4 Å². The van der Waals surface area contributed by atoms with Gasteiger partial charge >= 0.3 is 0 Å². The minimum absolute atomic E-state index is 0.0150. The number of ether oxygens (including phenoxy) is 3. The number of nitrogens with one attached hydrogen (secondary N) is 1. The molecule has 0 unspecified atom stereocenters. The Morgan fingerprint density at radius 3 is 2.74 bits per heavy atom. The molecule has 1 atom stereocenters. The SMILES string of the molecule is Cc1cc(OCC(=O)c2ccc3c(c2)N(CC(=O)NC[C@H]2CCCO2)C(=O)CO3)ccc1C(C)C. The predicted molar refractivity (Wildman–Crippen MR) is 131 cm³/mol. The molecule has 2 aliphatic rings. The number of Topliss-reactive ketones (excluding diaryl/α,β-unsaturated/α-hetero) is 1. The summed E-state index contributed by atoms with van der Waals surface area (Å²) in [5.41, 5.74) is 3.13. The third-order valence-electron chi connectivity index (χ3n) is 6.31. The largest absolute Gasteiger partial charge is 0.485 e. The minimum atomic E-state index is -0.341. The molecule has 1 fully saturated rings. The van der Waals surface area contributed by atoms with Crippen LogP contribution in [0.5, 0.6) is 11.5 Å². The molecule has 186 valence electrons. The Balaban J connectivity index is 1.41. The maximum absolute atomic E-state index is 12.9. The van der Waals surface area contributed by atoms with Crippen molar-refractivity contribution in [2.75, 3.05) is 37.8 Å². The summed E-state index contributed by atoms with van der Waals surface area (Å²) in [7, 11) is 0. The Morgan fingerprint density at radius 1 is 1.20 bits per heavy atom. The van der Waals surface area contributed by atoms with E-state index in [9.17, 15) is 14.4 Å². The summed E-state index contributed by atoms with van der Waals surface area (Å²) in [4.78, 5) is 39.3. The van der Waals surface area contributed by atoms with Crippen LogP contribution in [0, 0.1) is 6.92 Å². The fourth-order valence-corrected chi connectivity index (χ4v) is 4.40. The molecule has 4 rings (SSSR count). The fourth-order valence-electron chi connectivity index (χ4n) is 4.40. The zero-order chi connectivity index (χ0) is 24.9. The zero-order valence-corrected chi connectivity index (χ0v) is 20.5. The Labute approximate surface area is 205 Å². The van der Waals surface area contributed by atoms with E-state index in [-0.39, 0.29) is 43.5 Å². The fraction of sp³-hybridized carbons (Fsp3) is 0.444. The van der Waals surface area contributed by atoms with Gasteiger partial charge in [0.15, 0.2) is 19.0 Å². The predicted octanol–water partition coefficient (Wildman–Crippen LogP) is 3.40. The number of carbonyl (C=O) groups is 3. The molecule has 0 spiro atoms. The van der Waals surface area contributed by atoms with E-state index in [1.807, 2.05) is 25.1 Å². The van der Waals surface area contributed by atoms with E-state index < -0.39 is 0 Å². The van der Waals surface area contributed by atoms with Crippen LogP contribution in [-0.2, 0) is 14.3 Å². The second-order valence-corrected chi connectivity index (χ2v) is 9.28. The Kier molecular flexibility index (Phi) is 7.70. The number of amides is 2. The monoisotopic (exact) mass is 480 g/mol. The number of hydrogen-bond donors (Lipinski definition) is 1. The highest BCUT2D eigenvalue weighted by atomic mass is 16.5. The number of anilines is 1. The summed E-state index contributed by atoms with van der Waals surface area (Å²) in [6.07, 6.45) is 1.91. The molecule has 0 aromatic heterocycles. The molecule has 35 heavy (non-hydrogen) atoms. The smallest absolute Gasteiger partial charge is 0.265 e. The highest BCUT2D eigenvalue weighted by Gasteiger charge is 2.29. The van der Waals surface area contributed by atoms with E-state index in [4.69, 9.17) is 14.2 Å². The van der Waals surface area contributed by atoms with Gasteiger partial charge in [-0.1, -0.05) is 19.9 Å². The van der Waals surface area contributed by atoms with Crippen LogP contribution in [0.4, 0.5) is 5.69 Å². The van der Waals surface area contributed by atoms with Gasteiger partial charge < -0.3 is 19.5 Å². The van der Waals surface area contributed by atoms with Crippen molar-refractivity contribution in [3.8, 4) is 11.5 Å². The van der Waals surface area contributed by atoms with E-state index in [0.29, 0.717) is 41.8 Å². The molecule has 2 aromatic carbocycles. The molecule has 2 amide bonds. The van der Waals surface area contributed by atoms with E-state index in [0.717, 1.165) is 18.4 Å². The lowest BCUT2D eigenvalue weighted by molar-refractivity contribution is -0.125. The van der Waals surface area contributed by atoms with Crippen molar-refractivity contribution in [3.05, 3.63) is 53.1 Å². The first kappa shape index (κ1) is 24.7. The Morgan fingerprint density at radius 2 is 2.03 bits per heavy atom. The number of benzene rings is 2. The van der Waals surface area contributed by atoms with Gasteiger partial charge in [0.1, 0.15) is 18.0 Å². The third kappa shape index (κ3) is 6.00. The minimum Gasteiger partial charge on any atom is -0.485 e. The summed E-state index contributed by atoms with van der Waals surface area (Å²) in [5.74, 6) is 0.620. The first-order valence-corrected chi connectivity index (χ1v) is 12.0. The van der Waals surface area contributed by atoms with Crippen LogP contribution >= 0.6 is 0 Å². The number of carbonyl (C=O) groups excluding carboxylic acids is 3. The topological polar surface area (TPSA) is 94.2 Å². The van der Waals surface area contributed by atoms with Gasteiger partial charge in [0.2, 0.25) is 5.91 Å². The second kappa shape index (κ2) is 10.9. The van der Waals surface area contributed by atoms with E-state index in [1.165, 1.54) is 10.5 Å². The van der Waals surface area contributed by atoms with E-state index in [1.54, 1.807) is 18.2 Å². The van der Waals surface area contributed by atoms with Gasteiger partial charge in [-0.3, -0.25) is 19.3 Å². The van der Waals surface area contributed by atoms with Crippen LogP contribution in [0.3, 0.4) is 0 Å². The summed E-state index contributed by atoms with van der Waals surface area (Å²) >= 11 is 0. The first-order chi connectivity index (χ1) is 16.8. The van der Waals surface area contributed by atoms with Crippen molar-refractivity contribution in [2.24, 2.45) is 0 Å². The van der Waals surface area contributed by atoms with Gasteiger partial charge in [-0.25, -0.2) is 0 Å². The van der Waals surface area contributed by atoms with Gasteiger partial charge in [0.25, 0.3) is 5.91 Å². The molecule has 1 N–H and O–H groups in total. The van der Waals surface area contributed by atoms with Crippen molar-refractivity contribution in [3.63, 3.8) is 0 Å². The Hall–Kier alpha value is -3.39. The van der Waals surface area contributed by atoms with Gasteiger partial charge in [-0.15, -0.1) is 0 Å². The molecule has 2 aliphatic heterocycles. The van der Waals surface area contributed by atoms with Crippen LogP contribution in [0.1, 0.15) is 54.1 Å². The average molecular weight is 481 g/mol. The number of ketones is 1. The average Bonchev–Trinajstić information content (AvgIpc) is 3.36. The van der Waals surface area contributed by atoms with Crippen LogP contribution in [0.25, 0.3) is 0 Å². The molecule has 1 saturated heterocycles. The quantitative estimate of drug-likeness (QED) is 0.553. The van der Waals surface area contributed by atoms with Crippen LogP contribution in [0.2, 0.25) is 0 Å².